The zero-order valence-electron chi connectivity index (χ0n) is 9.99. The van der Waals surface area contributed by atoms with E-state index in [1.165, 1.54) is 0 Å². The van der Waals surface area contributed by atoms with Crippen molar-refractivity contribution in [2.45, 2.75) is 38.5 Å². The molecule has 0 heterocycles. The molecule has 2 atom stereocenters. The normalized spacial score (nSPS) is 28.0. The summed E-state index contributed by atoms with van der Waals surface area (Å²) >= 11 is 0. The molecule has 3 heteroatoms. The van der Waals surface area contributed by atoms with Gasteiger partial charge in [-0.3, -0.25) is 0 Å². The van der Waals surface area contributed by atoms with Crippen LogP contribution in [-0.4, -0.2) is 11.6 Å². The SMILES string of the molecule is CC1CCC(F)(C(=O)OCc2ccccc2)C1. The van der Waals surface area contributed by atoms with Crippen LogP contribution in [0.4, 0.5) is 4.39 Å². The third-order valence-corrected chi connectivity index (χ3v) is 3.28. The third kappa shape index (κ3) is 2.84. The molecule has 1 aromatic carbocycles. The Morgan fingerprint density at radius 3 is 2.76 bits per heavy atom. The molecular formula is C14H17FO2. The highest BCUT2D eigenvalue weighted by Crippen LogP contribution is 2.38. The molecule has 1 aliphatic rings. The van der Waals surface area contributed by atoms with Crippen molar-refractivity contribution in [3.63, 3.8) is 0 Å². The van der Waals surface area contributed by atoms with Gasteiger partial charge in [-0.05, 0) is 30.7 Å². The van der Waals surface area contributed by atoms with Gasteiger partial charge in [-0.1, -0.05) is 37.3 Å². The van der Waals surface area contributed by atoms with Crippen molar-refractivity contribution in [2.75, 3.05) is 0 Å². The van der Waals surface area contributed by atoms with E-state index in [1.54, 1.807) is 0 Å². The van der Waals surface area contributed by atoms with Crippen LogP contribution in [-0.2, 0) is 16.1 Å². The number of carbonyl (C=O) groups excluding carboxylic acids is 1. The van der Waals surface area contributed by atoms with E-state index in [-0.39, 0.29) is 12.5 Å². The molecule has 0 aliphatic heterocycles. The second-order valence-corrected chi connectivity index (χ2v) is 4.88. The molecule has 0 radical (unpaired) electrons. The summed E-state index contributed by atoms with van der Waals surface area (Å²) in [6, 6.07) is 9.34. The van der Waals surface area contributed by atoms with Crippen LogP contribution < -0.4 is 0 Å². The topological polar surface area (TPSA) is 26.3 Å². The highest BCUT2D eigenvalue weighted by Gasteiger charge is 2.45. The molecule has 0 N–H and O–H groups in total. The minimum absolute atomic E-state index is 0.153. The maximum Gasteiger partial charge on any atom is 0.344 e. The van der Waals surface area contributed by atoms with Crippen LogP contribution in [0.15, 0.2) is 30.3 Å². The molecule has 17 heavy (non-hydrogen) atoms. The predicted molar refractivity (Wildman–Crippen MR) is 63.1 cm³/mol. The lowest BCUT2D eigenvalue weighted by molar-refractivity contribution is -0.159. The van der Waals surface area contributed by atoms with Crippen LogP contribution in [0.5, 0.6) is 0 Å². The highest BCUT2D eigenvalue weighted by molar-refractivity contribution is 5.79. The minimum atomic E-state index is -1.76. The molecule has 1 aliphatic carbocycles. The lowest BCUT2D eigenvalue weighted by Crippen LogP contribution is -2.32. The largest absolute Gasteiger partial charge is 0.458 e. The van der Waals surface area contributed by atoms with Crippen molar-refractivity contribution >= 4 is 5.97 Å². The molecule has 0 bridgehead atoms. The fourth-order valence-corrected chi connectivity index (χ4v) is 2.27. The summed E-state index contributed by atoms with van der Waals surface area (Å²) in [5.74, 6) is -0.435. The first-order valence-corrected chi connectivity index (χ1v) is 6.00. The summed E-state index contributed by atoms with van der Waals surface area (Å²) in [7, 11) is 0. The third-order valence-electron chi connectivity index (χ3n) is 3.28. The molecule has 1 saturated carbocycles. The van der Waals surface area contributed by atoms with E-state index in [0.717, 1.165) is 12.0 Å². The van der Waals surface area contributed by atoms with Crippen molar-refractivity contribution in [3.8, 4) is 0 Å². The molecule has 92 valence electrons. The van der Waals surface area contributed by atoms with Gasteiger partial charge < -0.3 is 4.74 Å². The number of alkyl halides is 1. The minimum Gasteiger partial charge on any atom is -0.458 e. The summed E-state index contributed by atoms with van der Waals surface area (Å²) in [6.07, 6.45) is 1.35. The fourth-order valence-electron chi connectivity index (χ4n) is 2.27. The van der Waals surface area contributed by atoms with Gasteiger partial charge in [-0.15, -0.1) is 0 Å². The smallest absolute Gasteiger partial charge is 0.344 e. The van der Waals surface area contributed by atoms with Gasteiger partial charge in [0.25, 0.3) is 0 Å². The zero-order chi connectivity index (χ0) is 12.3. The number of hydrogen-bond donors (Lipinski definition) is 0. The van der Waals surface area contributed by atoms with E-state index in [1.807, 2.05) is 37.3 Å². The van der Waals surface area contributed by atoms with E-state index in [4.69, 9.17) is 4.74 Å². The highest BCUT2D eigenvalue weighted by atomic mass is 19.1. The fraction of sp³-hybridized carbons (Fsp3) is 0.500. The van der Waals surface area contributed by atoms with Gasteiger partial charge in [0.05, 0.1) is 0 Å². The maximum absolute atomic E-state index is 14.2. The lowest BCUT2D eigenvalue weighted by atomic mass is 10.0. The van der Waals surface area contributed by atoms with E-state index >= 15 is 0 Å². The van der Waals surface area contributed by atoms with Crippen molar-refractivity contribution < 1.29 is 13.9 Å². The van der Waals surface area contributed by atoms with Crippen LogP contribution >= 0.6 is 0 Å². The maximum atomic E-state index is 14.2. The summed E-state index contributed by atoms with van der Waals surface area (Å²) in [5, 5.41) is 0. The zero-order valence-corrected chi connectivity index (χ0v) is 9.99. The number of carbonyl (C=O) groups is 1. The molecule has 1 fully saturated rings. The van der Waals surface area contributed by atoms with Crippen molar-refractivity contribution in [1.29, 1.82) is 0 Å². The molecule has 0 aromatic heterocycles. The quantitative estimate of drug-likeness (QED) is 0.753. The van der Waals surface area contributed by atoms with Gasteiger partial charge in [-0.25, -0.2) is 9.18 Å². The molecule has 2 unspecified atom stereocenters. The molecule has 2 rings (SSSR count). The van der Waals surface area contributed by atoms with Gasteiger partial charge in [-0.2, -0.15) is 0 Å². The number of hydrogen-bond acceptors (Lipinski definition) is 2. The second kappa shape index (κ2) is 4.86. The Hall–Kier alpha value is -1.38. The second-order valence-electron chi connectivity index (χ2n) is 4.88. The van der Waals surface area contributed by atoms with Gasteiger partial charge in [0, 0.05) is 0 Å². The Morgan fingerprint density at radius 2 is 2.18 bits per heavy atom. The Balaban J connectivity index is 1.90. The standard InChI is InChI=1S/C14H17FO2/c1-11-7-8-14(15,9-11)13(16)17-10-12-5-3-2-4-6-12/h2-6,11H,7-10H2,1H3. The van der Waals surface area contributed by atoms with Gasteiger partial charge >= 0.3 is 5.97 Å². The lowest BCUT2D eigenvalue weighted by Gasteiger charge is -2.17. The van der Waals surface area contributed by atoms with E-state index in [9.17, 15) is 9.18 Å². The molecule has 0 spiro atoms. The van der Waals surface area contributed by atoms with Crippen LogP contribution in [0.25, 0.3) is 0 Å². The van der Waals surface area contributed by atoms with Crippen LogP contribution in [0.1, 0.15) is 31.7 Å². The summed E-state index contributed by atoms with van der Waals surface area (Å²) in [4.78, 5) is 11.7. The Morgan fingerprint density at radius 1 is 1.47 bits per heavy atom. The van der Waals surface area contributed by atoms with E-state index in [0.29, 0.717) is 12.8 Å². The van der Waals surface area contributed by atoms with Crippen LogP contribution in [0.2, 0.25) is 0 Å². The summed E-state index contributed by atoms with van der Waals surface area (Å²) < 4.78 is 19.2. The predicted octanol–water partition coefficient (Wildman–Crippen LogP) is 3.26. The number of halogens is 1. The van der Waals surface area contributed by atoms with Crippen molar-refractivity contribution in [3.05, 3.63) is 35.9 Å². The number of ether oxygens (including phenoxy) is 1. The molecule has 0 saturated heterocycles. The van der Waals surface area contributed by atoms with Gasteiger partial charge in [0.15, 0.2) is 0 Å². The summed E-state index contributed by atoms with van der Waals surface area (Å²) in [6.45, 7) is 2.12. The Kier molecular flexibility index (Phi) is 3.46. The summed E-state index contributed by atoms with van der Waals surface area (Å²) in [5.41, 5.74) is -0.871. The molecule has 1 aromatic rings. The molecule has 0 amide bonds. The van der Waals surface area contributed by atoms with Gasteiger partial charge in [0.2, 0.25) is 5.67 Å². The first-order chi connectivity index (χ1) is 8.10. The van der Waals surface area contributed by atoms with Crippen LogP contribution in [0.3, 0.4) is 0 Å². The average molecular weight is 236 g/mol. The average Bonchev–Trinajstić information content (AvgIpc) is 2.69. The van der Waals surface area contributed by atoms with Crippen molar-refractivity contribution in [1.82, 2.24) is 0 Å². The van der Waals surface area contributed by atoms with E-state index in [2.05, 4.69) is 0 Å². The Labute approximate surface area is 101 Å². The Bertz CT molecular complexity index is 390. The molecule has 2 nitrogen and oxygen atoms in total. The number of benzene rings is 1. The van der Waals surface area contributed by atoms with E-state index < -0.39 is 11.6 Å². The first-order valence-electron chi connectivity index (χ1n) is 6.00. The first kappa shape index (κ1) is 12.1. The number of esters is 1. The molecular weight excluding hydrogens is 219 g/mol. The van der Waals surface area contributed by atoms with Gasteiger partial charge in [0.1, 0.15) is 6.61 Å². The number of rotatable bonds is 3. The van der Waals surface area contributed by atoms with Crippen LogP contribution in [0, 0.1) is 5.92 Å². The monoisotopic (exact) mass is 236 g/mol. The van der Waals surface area contributed by atoms with Crippen molar-refractivity contribution in [2.24, 2.45) is 5.92 Å².